The topological polar surface area (TPSA) is 35.5 Å². The second-order valence-corrected chi connectivity index (χ2v) is 33.0. The summed E-state index contributed by atoms with van der Waals surface area (Å²) < 4.78 is 24.0. The van der Waals surface area contributed by atoms with Crippen molar-refractivity contribution in [2.45, 2.75) is 174 Å². The standard InChI is InChI=1S/C34H73IO3P2/c1-6-8-10-12-14-16-18-20-22-24-26-28-31-37-39(36,33-30-34-40(3,4,5)35)38-32-29-27-25-23-21-19-17-15-13-11-9-7-2/h6-34H2,1-5H3. The maximum atomic E-state index is 13.6. The molecule has 0 aromatic heterocycles. The van der Waals surface area contributed by atoms with Crippen molar-refractivity contribution < 1.29 is 13.6 Å². The average molecular weight is 719 g/mol. The fourth-order valence-corrected chi connectivity index (χ4v) is 9.45. The van der Waals surface area contributed by atoms with E-state index in [1.165, 1.54) is 141 Å². The number of rotatable bonds is 32. The Hall–Kier alpha value is 1.31. The molecule has 0 rings (SSSR count). The molecule has 0 aliphatic heterocycles. The van der Waals surface area contributed by atoms with Gasteiger partial charge in [-0.2, -0.15) is 0 Å². The first kappa shape index (κ1) is 41.3. The van der Waals surface area contributed by atoms with Gasteiger partial charge in [-0.1, -0.05) is 90.9 Å². The van der Waals surface area contributed by atoms with Crippen molar-refractivity contribution >= 4 is 33.9 Å². The Balaban J connectivity index is 4.04. The number of unbranched alkanes of at least 4 members (excludes halogenated alkanes) is 22. The molecule has 0 heterocycles. The molecule has 0 aromatic carbocycles. The smallest absolute Gasteiger partial charge is 0.0654 e. The van der Waals surface area contributed by atoms with Crippen LogP contribution >= 0.6 is 33.9 Å². The normalized spacial score (nSPS) is 13.5. The molecule has 0 fully saturated rings. The molecule has 0 aromatic rings. The zero-order valence-corrected chi connectivity index (χ0v) is 31.9. The summed E-state index contributed by atoms with van der Waals surface area (Å²) in [5.41, 5.74) is 0. The molecule has 3 nitrogen and oxygen atoms in total. The van der Waals surface area contributed by atoms with Crippen LogP contribution in [0.1, 0.15) is 174 Å². The van der Waals surface area contributed by atoms with Crippen LogP contribution in [0.5, 0.6) is 0 Å². The van der Waals surface area contributed by atoms with E-state index in [-0.39, 0.29) is 0 Å². The van der Waals surface area contributed by atoms with Gasteiger partial charge in [-0.25, -0.2) is 0 Å². The third-order valence-corrected chi connectivity index (χ3v) is 13.2. The van der Waals surface area contributed by atoms with Crippen LogP contribution in [-0.2, 0) is 13.6 Å². The molecular weight excluding hydrogens is 645 g/mol. The molecule has 0 aliphatic carbocycles. The first-order valence-electron chi connectivity index (χ1n) is 17.7. The van der Waals surface area contributed by atoms with E-state index in [9.17, 15) is 4.57 Å². The summed E-state index contributed by atoms with van der Waals surface area (Å²) in [5, 5.41) is 0. The van der Waals surface area contributed by atoms with Crippen molar-refractivity contribution in [1.29, 1.82) is 0 Å². The van der Waals surface area contributed by atoms with Gasteiger partial charge in [-0.15, -0.1) is 0 Å². The molecular formula is C34H73IO3P2. The molecule has 0 N–H and O–H groups in total. The third-order valence-electron chi connectivity index (χ3n) is 7.92. The number of halogens is 1. The Bertz CT molecular complexity index is 548. The van der Waals surface area contributed by atoms with Crippen LogP contribution in [0.2, 0.25) is 0 Å². The van der Waals surface area contributed by atoms with E-state index in [4.69, 9.17) is 9.05 Å². The molecule has 0 unspecified atom stereocenters. The van der Waals surface area contributed by atoms with Gasteiger partial charge in [0.25, 0.3) is 0 Å². The molecule has 40 heavy (non-hydrogen) atoms. The molecule has 0 aliphatic rings. The maximum absolute atomic E-state index is 13.6. The summed E-state index contributed by atoms with van der Waals surface area (Å²) in [6.07, 6.45) is 34.5. The van der Waals surface area contributed by atoms with Gasteiger partial charge in [-0.3, -0.25) is 0 Å². The Morgan fingerprint density at radius 2 is 0.750 bits per heavy atom. The Morgan fingerprint density at radius 3 is 1.02 bits per heavy atom. The van der Waals surface area contributed by atoms with E-state index >= 15 is 0 Å². The van der Waals surface area contributed by atoms with Gasteiger partial charge in [0, 0.05) is 0 Å². The van der Waals surface area contributed by atoms with Crippen molar-refractivity contribution in [1.82, 2.24) is 0 Å². The Labute approximate surface area is 266 Å². The first-order valence-corrected chi connectivity index (χ1v) is 26.0. The van der Waals surface area contributed by atoms with Crippen molar-refractivity contribution in [2.75, 3.05) is 45.5 Å². The van der Waals surface area contributed by atoms with Crippen LogP contribution in [-0.4, -0.2) is 45.5 Å². The molecule has 0 amide bonds. The second kappa shape index (κ2) is 26.7. The molecule has 0 radical (unpaired) electrons. The first-order chi connectivity index (χ1) is 19.1. The number of hydrogen-bond acceptors (Lipinski definition) is 3. The summed E-state index contributed by atoms with van der Waals surface area (Å²) in [6.45, 7) is 12.9. The van der Waals surface area contributed by atoms with Gasteiger partial charge in [0.05, 0.1) is 0 Å². The summed E-state index contributed by atoms with van der Waals surface area (Å²) in [4.78, 5) is 0. The van der Waals surface area contributed by atoms with Gasteiger partial charge >= 0.3 is 176 Å². The minimum atomic E-state index is -2.98. The van der Waals surface area contributed by atoms with E-state index < -0.39 is 11.8 Å². The predicted molar refractivity (Wildman–Crippen MR) is 195 cm³/mol. The van der Waals surface area contributed by atoms with Crippen molar-refractivity contribution in [3.63, 3.8) is 0 Å². The second-order valence-electron chi connectivity index (χ2n) is 13.8. The SMILES string of the molecule is CCCCCCCCCCCCCCOP(=O)(CCCP(C)(C)(C)I)OCCCCCCCCCCCCCC. The van der Waals surface area contributed by atoms with E-state index in [1.54, 1.807) is 0 Å². The summed E-state index contributed by atoms with van der Waals surface area (Å²) in [7, 11) is -2.98. The monoisotopic (exact) mass is 718 g/mol. The molecule has 0 atom stereocenters. The Kier molecular flexibility index (Phi) is 27.6. The van der Waals surface area contributed by atoms with Gasteiger partial charge < -0.3 is 0 Å². The molecule has 6 heteroatoms. The van der Waals surface area contributed by atoms with Crippen LogP contribution in [0.25, 0.3) is 0 Å². The van der Waals surface area contributed by atoms with Crippen LogP contribution in [0.15, 0.2) is 0 Å². The van der Waals surface area contributed by atoms with E-state index in [1.807, 2.05) is 0 Å². The summed E-state index contributed by atoms with van der Waals surface area (Å²) in [6, 6.07) is 0. The molecule has 0 spiro atoms. The molecule has 0 bridgehead atoms. The minimum Gasteiger partial charge on any atom is -0.0654 e. The van der Waals surface area contributed by atoms with Crippen molar-refractivity contribution in [3.8, 4) is 0 Å². The Morgan fingerprint density at radius 1 is 0.475 bits per heavy atom. The predicted octanol–water partition coefficient (Wildman–Crippen LogP) is 13.8. The quantitative estimate of drug-likeness (QED) is 0.0395. The van der Waals surface area contributed by atoms with Gasteiger partial charge in [-0.05, 0) is 0 Å². The number of hydrogen-bond donors (Lipinski definition) is 0. The van der Waals surface area contributed by atoms with Crippen LogP contribution in [0.3, 0.4) is 0 Å². The van der Waals surface area contributed by atoms with Crippen LogP contribution in [0, 0.1) is 0 Å². The van der Waals surface area contributed by atoms with Crippen molar-refractivity contribution in [2.24, 2.45) is 0 Å². The fraction of sp³-hybridized carbons (Fsp3) is 1.00. The van der Waals surface area contributed by atoms with Crippen LogP contribution in [0.4, 0.5) is 0 Å². The fourth-order valence-electron chi connectivity index (χ4n) is 5.26. The van der Waals surface area contributed by atoms with E-state index in [0.717, 1.165) is 25.4 Å². The molecule has 244 valence electrons. The minimum absolute atomic E-state index is 0.583. The summed E-state index contributed by atoms with van der Waals surface area (Å²) >= 11 is 2.65. The summed E-state index contributed by atoms with van der Waals surface area (Å²) in [5.74, 6) is 0. The zero-order valence-electron chi connectivity index (χ0n) is 28.0. The van der Waals surface area contributed by atoms with Gasteiger partial charge in [0.2, 0.25) is 0 Å². The average Bonchev–Trinajstić information content (AvgIpc) is 2.88. The van der Waals surface area contributed by atoms with Crippen molar-refractivity contribution in [3.05, 3.63) is 0 Å². The van der Waals surface area contributed by atoms with E-state index in [0.29, 0.717) is 19.4 Å². The van der Waals surface area contributed by atoms with Gasteiger partial charge in [0.15, 0.2) is 0 Å². The molecule has 0 saturated carbocycles. The zero-order chi connectivity index (χ0) is 29.9. The van der Waals surface area contributed by atoms with Gasteiger partial charge in [0.1, 0.15) is 0 Å². The third kappa shape index (κ3) is 32.2. The molecule has 0 saturated heterocycles. The van der Waals surface area contributed by atoms with E-state index in [2.05, 4.69) is 55.9 Å². The van der Waals surface area contributed by atoms with Crippen LogP contribution < -0.4 is 0 Å².